The minimum atomic E-state index is -0.438. The molecule has 4 heteroatoms. The zero-order valence-corrected chi connectivity index (χ0v) is 10.4. The van der Waals surface area contributed by atoms with Crippen LogP contribution in [0.15, 0.2) is 22.7 Å². The zero-order valence-electron chi connectivity index (χ0n) is 8.83. The molecule has 0 unspecified atom stereocenters. The third-order valence-electron chi connectivity index (χ3n) is 2.27. The molecule has 0 heterocycles. The van der Waals surface area contributed by atoms with Crippen LogP contribution in [0.25, 0.3) is 0 Å². The van der Waals surface area contributed by atoms with Gasteiger partial charge in [0.05, 0.1) is 0 Å². The van der Waals surface area contributed by atoms with Crippen LogP contribution in [0.5, 0.6) is 0 Å². The third-order valence-corrected chi connectivity index (χ3v) is 2.77. The summed E-state index contributed by atoms with van der Waals surface area (Å²) in [5.41, 5.74) is 2.21. The number of hydrogen-bond acceptors (Lipinski definition) is 2. The van der Waals surface area contributed by atoms with E-state index >= 15 is 0 Å². The van der Waals surface area contributed by atoms with Crippen LogP contribution in [-0.2, 0) is 11.3 Å². The molecule has 1 aromatic carbocycles. The van der Waals surface area contributed by atoms with Crippen LogP contribution in [0.1, 0.15) is 11.1 Å². The maximum absolute atomic E-state index is 11.2. The quantitative estimate of drug-likeness (QED) is 0.910. The van der Waals surface area contributed by atoms with Gasteiger partial charge in [-0.25, -0.2) is 0 Å². The van der Waals surface area contributed by atoms with Crippen LogP contribution < -0.4 is 0 Å². The van der Waals surface area contributed by atoms with Gasteiger partial charge < -0.3 is 10.0 Å². The molecule has 3 nitrogen and oxygen atoms in total. The highest BCUT2D eigenvalue weighted by atomic mass is 79.9. The Morgan fingerprint density at radius 2 is 2.20 bits per heavy atom. The Morgan fingerprint density at radius 3 is 2.73 bits per heavy atom. The molecule has 0 bridgehead atoms. The second-order valence-corrected chi connectivity index (χ2v) is 4.39. The summed E-state index contributed by atoms with van der Waals surface area (Å²) in [6, 6.07) is 5.92. The average molecular weight is 272 g/mol. The molecule has 82 valence electrons. The van der Waals surface area contributed by atoms with Gasteiger partial charge in [-0.3, -0.25) is 4.79 Å². The molecule has 0 atom stereocenters. The van der Waals surface area contributed by atoms with Gasteiger partial charge in [-0.15, -0.1) is 0 Å². The number of aryl methyl sites for hydroxylation is 1. The molecule has 15 heavy (non-hydrogen) atoms. The number of carbonyl (C=O) groups excluding carboxylic acids is 1. The summed E-state index contributed by atoms with van der Waals surface area (Å²) in [5, 5.41) is 8.70. The van der Waals surface area contributed by atoms with Gasteiger partial charge in [0.2, 0.25) is 5.91 Å². The van der Waals surface area contributed by atoms with Gasteiger partial charge in [0.1, 0.15) is 6.61 Å². The van der Waals surface area contributed by atoms with Crippen molar-refractivity contribution in [3.63, 3.8) is 0 Å². The smallest absolute Gasteiger partial charge is 0.248 e. The number of amides is 1. The normalized spacial score (nSPS) is 10.1. The lowest BCUT2D eigenvalue weighted by atomic mass is 10.1. The van der Waals surface area contributed by atoms with Gasteiger partial charge in [-0.1, -0.05) is 22.0 Å². The van der Waals surface area contributed by atoms with Gasteiger partial charge in [0.15, 0.2) is 0 Å². The summed E-state index contributed by atoms with van der Waals surface area (Å²) in [4.78, 5) is 12.7. The topological polar surface area (TPSA) is 40.5 Å². The van der Waals surface area contributed by atoms with E-state index in [1.165, 1.54) is 4.90 Å². The molecule has 0 spiro atoms. The number of aliphatic hydroxyl groups is 1. The first-order valence-corrected chi connectivity index (χ1v) is 5.43. The average Bonchev–Trinajstić information content (AvgIpc) is 2.20. The van der Waals surface area contributed by atoms with E-state index in [0.29, 0.717) is 6.54 Å². The van der Waals surface area contributed by atoms with E-state index in [2.05, 4.69) is 15.9 Å². The highest BCUT2D eigenvalue weighted by Gasteiger charge is 2.08. The molecule has 1 N–H and O–H groups in total. The second kappa shape index (κ2) is 5.28. The number of nitrogens with zero attached hydrogens (tertiary/aromatic N) is 1. The van der Waals surface area contributed by atoms with E-state index in [1.807, 2.05) is 25.1 Å². The van der Waals surface area contributed by atoms with Crippen molar-refractivity contribution < 1.29 is 9.90 Å². The fourth-order valence-corrected chi connectivity index (χ4v) is 1.78. The highest BCUT2D eigenvalue weighted by Crippen LogP contribution is 2.16. The summed E-state index contributed by atoms with van der Waals surface area (Å²) in [5.74, 6) is -0.266. The van der Waals surface area contributed by atoms with Crippen LogP contribution in [-0.4, -0.2) is 29.6 Å². The minimum Gasteiger partial charge on any atom is -0.387 e. The van der Waals surface area contributed by atoms with Gasteiger partial charge in [-0.2, -0.15) is 0 Å². The molecule has 0 saturated heterocycles. The molecule has 0 aliphatic rings. The Kier molecular flexibility index (Phi) is 4.29. The SMILES string of the molecule is Cc1cc(Br)ccc1CN(C)C(=O)CO. The van der Waals surface area contributed by atoms with Gasteiger partial charge in [0.25, 0.3) is 0 Å². The van der Waals surface area contributed by atoms with E-state index in [-0.39, 0.29) is 5.91 Å². The summed E-state index contributed by atoms with van der Waals surface area (Å²) in [7, 11) is 1.68. The molecule has 1 amide bonds. The number of rotatable bonds is 3. The number of likely N-dealkylation sites (N-methyl/N-ethyl adjacent to an activating group) is 1. The van der Waals surface area contributed by atoms with Gasteiger partial charge in [-0.05, 0) is 30.2 Å². The minimum absolute atomic E-state index is 0.266. The Bertz CT molecular complexity index is 366. The second-order valence-electron chi connectivity index (χ2n) is 3.48. The number of halogens is 1. The maximum Gasteiger partial charge on any atom is 0.248 e. The van der Waals surface area contributed by atoms with Crippen LogP contribution in [0.2, 0.25) is 0 Å². The van der Waals surface area contributed by atoms with E-state index < -0.39 is 6.61 Å². The first-order chi connectivity index (χ1) is 7.04. The van der Waals surface area contributed by atoms with Crippen LogP contribution in [0.3, 0.4) is 0 Å². The fourth-order valence-electron chi connectivity index (χ4n) is 1.30. The van der Waals surface area contributed by atoms with Crippen molar-refractivity contribution in [2.24, 2.45) is 0 Å². The van der Waals surface area contributed by atoms with Gasteiger partial charge >= 0.3 is 0 Å². The van der Waals surface area contributed by atoms with E-state index in [9.17, 15) is 4.79 Å². The summed E-state index contributed by atoms with van der Waals surface area (Å²) in [6.45, 7) is 2.09. The molecule has 1 aromatic rings. The Morgan fingerprint density at radius 1 is 1.53 bits per heavy atom. The van der Waals surface area contributed by atoms with E-state index in [1.54, 1.807) is 7.05 Å². The van der Waals surface area contributed by atoms with Crippen molar-refractivity contribution in [3.05, 3.63) is 33.8 Å². The fraction of sp³-hybridized carbons (Fsp3) is 0.364. The van der Waals surface area contributed by atoms with E-state index in [0.717, 1.165) is 15.6 Å². The predicted octanol–water partition coefficient (Wildman–Crippen LogP) is 1.71. The highest BCUT2D eigenvalue weighted by molar-refractivity contribution is 9.10. The van der Waals surface area contributed by atoms with Crippen molar-refractivity contribution in [2.45, 2.75) is 13.5 Å². The molecule has 0 radical (unpaired) electrons. The van der Waals surface area contributed by atoms with Crippen LogP contribution >= 0.6 is 15.9 Å². The summed E-state index contributed by atoms with van der Waals surface area (Å²) in [6.07, 6.45) is 0. The monoisotopic (exact) mass is 271 g/mol. The molecule has 0 aliphatic heterocycles. The lowest BCUT2D eigenvalue weighted by Gasteiger charge is -2.17. The molecule has 0 saturated carbocycles. The number of aliphatic hydroxyl groups excluding tert-OH is 1. The van der Waals surface area contributed by atoms with Crippen molar-refractivity contribution in [1.82, 2.24) is 4.90 Å². The molecular formula is C11H14BrNO2. The lowest BCUT2D eigenvalue weighted by Crippen LogP contribution is -2.28. The molecule has 1 rings (SSSR count). The molecule has 0 aromatic heterocycles. The van der Waals surface area contributed by atoms with Gasteiger partial charge in [0, 0.05) is 18.1 Å². The molecule has 0 aliphatic carbocycles. The zero-order chi connectivity index (χ0) is 11.4. The van der Waals surface area contributed by atoms with E-state index in [4.69, 9.17) is 5.11 Å². The van der Waals surface area contributed by atoms with Crippen LogP contribution in [0.4, 0.5) is 0 Å². The number of hydrogen-bond donors (Lipinski definition) is 1. The molecule has 0 fully saturated rings. The summed E-state index contributed by atoms with van der Waals surface area (Å²) >= 11 is 3.38. The first kappa shape index (κ1) is 12.2. The standard InChI is InChI=1S/C11H14BrNO2/c1-8-5-10(12)4-3-9(8)6-13(2)11(15)7-14/h3-5,14H,6-7H2,1-2H3. The third kappa shape index (κ3) is 3.32. The summed E-state index contributed by atoms with van der Waals surface area (Å²) < 4.78 is 1.03. The Hall–Kier alpha value is -0.870. The van der Waals surface area contributed by atoms with Crippen molar-refractivity contribution in [1.29, 1.82) is 0 Å². The lowest BCUT2D eigenvalue weighted by molar-refractivity contribution is -0.133. The van der Waals surface area contributed by atoms with Crippen molar-refractivity contribution in [3.8, 4) is 0 Å². The Balaban J connectivity index is 2.76. The maximum atomic E-state index is 11.2. The van der Waals surface area contributed by atoms with Crippen LogP contribution in [0, 0.1) is 6.92 Å². The number of benzene rings is 1. The largest absolute Gasteiger partial charge is 0.387 e. The first-order valence-electron chi connectivity index (χ1n) is 4.64. The predicted molar refractivity (Wildman–Crippen MR) is 62.4 cm³/mol. The van der Waals surface area contributed by atoms with Crippen molar-refractivity contribution in [2.75, 3.05) is 13.7 Å². The molecular weight excluding hydrogens is 258 g/mol. The Labute approximate surface area is 97.8 Å². The van der Waals surface area contributed by atoms with Crippen molar-refractivity contribution >= 4 is 21.8 Å². The number of carbonyl (C=O) groups is 1.